The van der Waals surface area contributed by atoms with E-state index >= 15 is 0 Å². The topological polar surface area (TPSA) is 75.0 Å². The average Bonchev–Trinajstić information content (AvgIpc) is 3.26. The summed E-state index contributed by atoms with van der Waals surface area (Å²) >= 11 is 0. The molecule has 0 aliphatic carbocycles. The molecule has 0 atom stereocenters. The number of allylic oxidation sites excluding steroid dienone is 1. The van der Waals surface area contributed by atoms with Crippen molar-refractivity contribution in [3.05, 3.63) is 91.3 Å². The number of hydrogen-bond donors (Lipinski definition) is 0. The number of aryl methyl sites for hydroxylation is 1. The van der Waals surface area contributed by atoms with E-state index in [9.17, 15) is 4.39 Å². The molecule has 0 amide bonds. The molecular formula is C25H24FN5O2. The van der Waals surface area contributed by atoms with Crippen LogP contribution in [-0.2, 0) is 13.0 Å². The third kappa shape index (κ3) is 5.23. The lowest BCUT2D eigenvalue weighted by molar-refractivity contribution is 0.296. The van der Waals surface area contributed by atoms with E-state index < -0.39 is 5.82 Å². The molecule has 8 heteroatoms. The fraction of sp³-hybridized carbons (Fsp3) is 0.200. The second kappa shape index (κ2) is 10.5. The Bertz CT molecular complexity index is 1260. The maximum Gasteiger partial charge on any atom is 0.228 e. The van der Waals surface area contributed by atoms with Gasteiger partial charge in [-0.2, -0.15) is 14.8 Å². The summed E-state index contributed by atoms with van der Waals surface area (Å²) in [5.74, 6) is 1.08. The molecule has 0 aliphatic rings. The second-order valence-electron chi connectivity index (χ2n) is 7.27. The van der Waals surface area contributed by atoms with Gasteiger partial charge in [0.2, 0.25) is 5.88 Å². The van der Waals surface area contributed by atoms with Gasteiger partial charge in [0.1, 0.15) is 30.2 Å². The maximum atomic E-state index is 13.8. The highest BCUT2D eigenvalue weighted by Crippen LogP contribution is 2.29. The Morgan fingerprint density at radius 2 is 1.88 bits per heavy atom. The Hall–Kier alpha value is -4.07. The number of unbranched alkanes of at least 4 members (excludes halogenated alkanes) is 1. The van der Waals surface area contributed by atoms with Crippen LogP contribution in [-0.4, -0.2) is 31.3 Å². The van der Waals surface area contributed by atoms with Gasteiger partial charge in [0.15, 0.2) is 17.2 Å². The zero-order valence-corrected chi connectivity index (χ0v) is 18.2. The van der Waals surface area contributed by atoms with Crippen LogP contribution in [0.4, 0.5) is 4.39 Å². The van der Waals surface area contributed by atoms with Gasteiger partial charge in [0.05, 0.1) is 12.4 Å². The number of rotatable bonds is 11. The molecule has 4 rings (SSSR count). The van der Waals surface area contributed by atoms with E-state index in [4.69, 9.17) is 14.5 Å². The third-order valence-corrected chi connectivity index (χ3v) is 4.82. The van der Waals surface area contributed by atoms with Crippen LogP contribution in [0.15, 0.2) is 74.1 Å². The Kier molecular flexibility index (Phi) is 7.04. The van der Waals surface area contributed by atoms with E-state index in [2.05, 4.69) is 28.2 Å². The van der Waals surface area contributed by atoms with Gasteiger partial charge in [0, 0.05) is 12.5 Å². The lowest BCUT2D eigenvalue weighted by Crippen LogP contribution is -2.08. The van der Waals surface area contributed by atoms with Crippen LogP contribution in [0.5, 0.6) is 11.6 Å². The first-order chi connectivity index (χ1) is 16.2. The largest absolute Gasteiger partial charge is 0.485 e. The predicted octanol–water partition coefficient (Wildman–Crippen LogP) is 5.00. The molecule has 0 bridgehead atoms. The molecular weight excluding hydrogens is 421 g/mol. The highest BCUT2D eigenvalue weighted by molar-refractivity contribution is 5.81. The van der Waals surface area contributed by atoms with Crippen molar-refractivity contribution in [3.63, 3.8) is 0 Å². The number of nitrogens with zero attached hydrogens (tertiary/aromatic N) is 5. The molecule has 0 spiro atoms. The monoisotopic (exact) mass is 445 g/mol. The van der Waals surface area contributed by atoms with Gasteiger partial charge in [-0.25, -0.2) is 14.4 Å². The van der Waals surface area contributed by atoms with Crippen molar-refractivity contribution in [3.8, 4) is 17.4 Å². The minimum Gasteiger partial charge on any atom is -0.485 e. The normalized spacial score (nSPS) is 10.8. The standard InChI is InChI=1S/C25H24FN5O2/c1-3-5-7-12-22-29-23-20(25(30-22)33-17-18-10-8-6-9-11-18)16-28-31(23)24-21(32-13-4-2)14-19(26)15-27-24/h3-4,6,8-11,14-16H,1-2,5,7,12-13,17H2. The number of pyridine rings is 1. The zero-order valence-electron chi connectivity index (χ0n) is 18.2. The maximum absolute atomic E-state index is 13.8. The summed E-state index contributed by atoms with van der Waals surface area (Å²) in [4.78, 5) is 13.5. The smallest absolute Gasteiger partial charge is 0.228 e. The van der Waals surface area contributed by atoms with Crippen LogP contribution in [0.25, 0.3) is 16.9 Å². The molecule has 0 unspecified atom stereocenters. The van der Waals surface area contributed by atoms with Crippen molar-refractivity contribution >= 4 is 11.0 Å². The number of halogens is 1. The van der Waals surface area contributed by atoms with Gasteiger partial charge in [-0.15, -0.1) is 6.58 Å². The van der Waals surface area contributed by atoms with Crippen molar-refractivity contribution in [2.75, 3.05) is 6.61 Å². The van der Waals surface area contributed by atoms with Crippen molar-refractivity contribution in [1.82, 2.24) is 24.7 Å². The molecule has 3 aromatic heterocycles. The molecule has 33 heavy (non-hydrogen) atoms. The molecule has 0 fully saturated rings. The molecule has 4 aromatic rings. The second-order valence-corrected chi connectivity index (χ2v) is 7.27. The van der Waals surface area contributed by atoms with Gasteiger partial charge in [-0.1, -0.05) is 49.1 Å². The third-order valence-electron chi connectivity index (χ3n) is 4.82. The summed E-state index contributed by atoms with van der Waals surface area (Å²) in [6, 6.07) is 11.1. The lowest BCUT2D eigenvalue weighted by Gasteiger charge is -2.11. The Balaban J connectivity index is 1.76. The van der Waals surface area contributed by atoms with Crippen LogP contribution in [0, 0.1) is 5.82 Å². The summed E-state index contributed by atoms with van der Waals surface area (Å²) < 4.78 is 27.0. The first-order valence-corrected chi connectivity index (χ1v) is 10.6. The summed E-state index contributed by atoms with van der Waals surface area (Å²) in [5.41, 5.74) is 1.52. The number of ether oxygens (including phenoxy) is 2. The minimum absolute atomic E-state index is 0.199. The van der Waals surface area contributed by atoms with Crippen molar-refractivity contribution < 1.29 is 13.9 Å². The molecule has 0 N–H and O–H groups in total. The van der Waals surface area contributed by atoms with Crippen molar-refractivity contribution in [2.45, 2.75) is 25.9 Å². The van der Waals surface area contributed by atoms with Gasteiger partial charge in [0.25, 0.3) is 0 Å². The van der Waals surface area contributed by atoms with Crippen molar-refractivity contribution in [2.24, 2.45) is 0 Å². The summed E-state index contributed by atoms with van der Waals surface area (Å²) in [5, 5.41) is 5.07. The van der Waals surface area contributed by atoms with E-state index in [0.717, 1.165) is 24.6 Å². The first kappa shape index (κ1) is 22.1. The zero-order chi connectivity index (χ0) is 23.0. The molecule has 7 nitrogen and oxygen atoms in total. The van der Waals surface area contributed by atoms with Crippen LogP contribution >= 0.6 is 0 Å². The molecule has 1 aromatic carbocycles. The van der Waals surface area contributed by atoms with Gasteiger partial charge in [-0.05, 0) is 18.4 Å². The van der Waals surface area contributed by atoms with E-state index in [1.807, 2.05) is 36.4 Å². The van der Waals surface area contributed by atoms with Crippen LogP contribution in [0.3, 0.4) is 0 Å². The molecule has 0 radical (unpaired) electrons. The van der Waals surface area contributed by atoms with E-state index in [1.54, 1.807) is 12.3 Å². The number of aromatic nitrogens is 5. The fourth-order valence-corrected chi connectivity index (χ4v) is 3.26. The molecule has 0 saturated carbocycles. The van der Waals surface area contributed by atoms with E-state index in [0.29, 0.717) is 41.6 Å². The highest BCUT2D eigenvalue weighted by Gasteiger charge is 2.19. The van der Waals surface area contributed by atoms with E-state index in [-0.39, 0.29) is 12.4 Å². The van der Waals surface area contributed by atoms with Crippen LogP contribution < -0.4 is 9.47 Å². The first-order valence-electron chi connectivity index (χ1n) is 10.6. The Morgan fingerprint density at radius 1 is 1.03 bits per heavy atom. The SMILES string of the molecule is C=CCCCc1nc(OCc2ccccc2)c2cnn(-c3ncc(F)cc3OCC=C)c2n1. The number of benzene rings is 1. The summed E-state index contributed by atoms with van der Waals surface area (Å²) in [6.45, 7) is 7.96. The summed E-state index contributed by atoms with van der Waals surface area (Å²) in [6.07, 6.45) is 8.51. The average molecular weight is 445 g/mol. The lowest BCUT2D eigenvalue weighted by atomic mass is 10.2. The molecule has 168 valence electrons. The molecule has 0 aliphatic heterocycles. The van der Waals surface area contributed by atoms with Gasteiger partial charge in [-0.3, -0.25) is 0 Å². The Morgan fingerprint density at radius 3 is 2.67 bits per heavy atom. The van der Waals surface area contributed by atoms with Crippen molar-refractivity contribution in [1.29, 1.82) is 0 Å². The fourth-order valence-electron chi connectivity index (χ4n) is 3.26. The quantitative estimate of drug-likeness (QED) is 0.239. The predicted molar refractivity (Wildman–Crippen MR) is 124 cm³/mol. The van der Waals surface area contributed by atoms with E-state index in [1.165, 1.54) is 10.7 Å². The number of hydrogen-bond acceptors (Lipinski definition) is 6. The van der Waals surface area contributed by atoms with Gasteiger partial charge < -0.3 is 9.47 Å². The summed E-state index contributed by atoms with van der Waals surface area (Å²) in [7, 11) is 0. The van der Waals surface area contributed by atoms with Crippen LogP contribution in [0.1, 0.15) is 24.2 Å². The highest BCUT2D eigenvalue weighted by atomic mass is 19.1. The number of fused-ring (bicyclic) bond motifs is 1. The minimum atomic E-state index is -0.513. The molecule has 0 saturated heterocycles. The molecule has 3 heterocycles. The van der Waals surface area contributed by atoms with Gasteiger partial charge >= 0.3 is 0 Å². The Labute approximate surface area is 191 Å². The van der Waals surface area contributed by atoms with Crippen LogP contribution in [0.2, 0.25) is 0 Å².